The highest BCUT2D eigenvalue weighted by atomic mass is 35.5. The average Bonchev–Trinajstić information content (AvgIpc) is 2.37. The fraction of sp³-hybridized carbons (Fsp3) is 0.667. The molecule has 0 saturated heterocycles. The van der Waals surface area contributed by atoms with Crippen LogP contribution in [-0.2, 0) is 4.74 Å². The number of hydrogen-bond acceptors (Lipinski definition) is 5. The third-order valence-electron chi connectivity index (χ3n) is 2.17. The van der Waals surface area contributed by atoms with Gasteiger partial charge >= 0.3 is 0 Å². The molecule has 0 aromatic carbocycles. The van der Waals surface area contributed by atoms with Crippen LogP contribution in [0.2, 0.25) is 0 Å². The molecule has 0 fully saturated rings. The molecule has 1 unspecified atom stereocenters. The second-order valence-electron chi connectivity index (χ2n) is 3.84. The Morgan fingerprint density at radius 3 is 3.06 bits per heavy atom. The van der Waals surface area contributed by atoms with Gasteiger partial charge < -0.3 is 14.8 Å². The number of ether oxygens (including phenoxy) is 2. The van der Waals surface area contributed by atoms with E-state index in [1.54, 1.807) is 19.4 Å². The zero-order chi connectivity index (χ0) is 13.2. The van der Waals surface area contributed by atoms with Crippen molar-refractivity contribution in [1.82, 2.24) is 9.97 Å². The SMILES string of the molecule is CCCOc1ccnc(NCCC(Cl)COC)n1. The summed E-state index contributed by atoms with van der Waals surface area (Å²) in [4.78, 5) is 8.35. The Balaban J connectivity index is 2.33. The molecule has 5 nitrogen and oxygen atoms in total. The third kappa shape index (κ3) is 6.02. The highest BCUT2D eigenvalue weighted by Crippen LogP contribution is 2.09. The zero-order valence-corrected chi connectivity index (χ0v) is 11.6. The summed E-state index contributed by atoms with van der Waals surface area (Å²) in [6, 6.07) is 1.75. The molecule has 0 radical (unpaired) electrons. The van der Waals surface area contributed by atoms with Gasteiger partial charge in [0.1, 0.15) is 0 Å². The first kappa shape index (κ1) is 15.0. The molecule has 6 heteroatoms. The van der Waals surface area contributed by atoms with Crippen LogP contribution in [0.3, 0.4) is 0 Å². The standard InChI is InChI=1S/C12H20ClN3O2/c1-3-8-18-11-5-7-15-12(16-11)14-6-4-10(13)9-17-2/h5,7,10H,3-4,6,8-9H2,1-2H3,(H,14,15,16). The van der Waals surface area contributed by atoms with Gasteiger partial charge in [-0.15, -0.1) is 11.6 Å². The van der Waals surface area contributed by atoms with E-state index in [9.17, 15) is 0 Å². The third-order valence-corrected chi connectivity index (χ3v) is 2.52. The quantitative estimate of drug-likeness (QED) is 0.700. The lowest BCUT2D eigenvalue weighted by Gasteiger charge is -2.09. The summed E-state index contributed by atoms with van der Waals surface area (Å²) in [5.74, 6) is 1.15. The van der Waals surface area contributed by atoms with E-state index in [2.05, 4.69) is 22.2 Å². The number of anilines is 1. The molecule has 0 aliphatic heterocycles. The smallest absolute Gasteiger partial charge is 0.225 e. The van der Waals surface area contributed by atoms with Gasteiger partial charge in [-0.05, 0) is 12.8 Å². The number of hydrogen-bond donors (Lipinski definition) is 1. The molecule has 1 heterocycles. The predicted molar refractivity (Wildman–Crippen MR) is 72.4 cm³/mol. The van der Waals surface area contributed by atoms with E-state index in [1.165, 1.54) is 0 Å². The van der Waals surface area contributed by atoms with Crippen molar-refractivity contribution >= 4 is 17.5 Å². The molecule has 0 bridgehead atoms. The number of aromatic nitrogens is 2. The van der Waals surface area contributed by atoms with Crippen LogP contribution < -0.4 is 10.1 Å². The van der Waals surface area contributed by atoms with Gasteiger partial charge in [0.15, 0.2) is 0 Å². The summed E-state index contributed by atoms with van der Waals surface area (Å²) in [6.45, 7) is 3.96. The van der Waals surface area contributed by atoms with Gasteiger partial charge in [-0.2, -0.15) is 4.98 Å². The first-order valence-corrected chi connectivity index (χ1v) is 6.52. The van der Waals surface area contributed by atoms with E-state index in [1.807, 2.05) is 0 Å². The second kappa shape index (κ2) is 8.94. The summed E-state index contributed by atoms with van der Waals surface area (Å²) >= 11 is 6.02. The minimum absolute atomic E-state index is 0.00187. The Bertz CT molecular complexity index is 339. The van der Waals surface area contributed by atoms with Crippen LogP contribution in [0.1, 0.15) is 19.8 Å². The van der Waals surface area contributed by atoms with Gasteiger partial charge in [0.2, 0.25) is 11.8 Å². The minimum Gasteiger partial charge on any atom is -0.478 e. The van der Waals surface area contributed by atoms with Crippen molar-refractivity contribution in [2.45, 2.75) is 25.1 Å². The molecule has 1 aromatic rings. The lowest BCUT2D eigenvalue weighted by Crippen LogP contribution is -2.14. The van der Waals surface area contributed by atoms with Crippen molar-refractivity contribution < 1.29 is 9.47 Å². The molecule has 0 saturated carbocycles. The van der Waals surface area contributed by atoms with E-state index < -0.39 is 0 Å². The lowest BCUT2D eigenvalue weighted by molar-refractivity contribution is 0.196. The number of methoxy groups -OCH3 is 1. The molecular weight excluding hydrogens is 254 g/mol. The maximum atomic E-state index is 6.02. The fourth-order valence-corrected chi connectivity index (χ4v) is 1.55. The van der Waals surface area contributed by atoms with Crippen molar-refractivity contribution in [2.24, 2.45) is 0 Å². The molecule has 102 valence electrons. The van der Waals surface area contributed by atoms with Crippen LogP contribution in [0.15, 0.2) is 12.3 Å². The minimum atomic E-state index is 0.00187. The Kier molecular flexibility index (Phi) is 7.44. The summed E-state index contributed by atoms with van der Waals surface area (Å²) in [5, 5.41) is 3.11. The van der Waals surface area contributed by atoms with Crippen LogP contribution in [0, 0.1) is 0 Å². The molecule has 0 aliphatic rings. The molecule has 0 amide bonds. The summed E-state index contributed by atoms with van der Waals surface area (Å²) in [5.41, 5.74) is 0. The number of nitrogens with zero attached hydrogens (tertiary/aromatic N) is 2. The Hall–Kier alpha value is -1.07. The molecule has 1 N–H and O–H groups in total. The number of rotatable bonds is 9. The van der Waals surface area contributed by atoms with Crippen molar-refractivity contribution in [1.29, 1.82) is 0 Å². The van der Waals surface area contributed by atoms with E-state index in [4.69, 9.17) is 21.1 Å². The molecular formula is C12H20ClN3O2. The van der Waals surface area contributed by atoms with Crippen molar-refractivity contribution in [3.8, 4) is 5.88 Å². The van der Waals surface area contributed by atoms with Gasteiger partial charge in [0.05, 0.1) is 18.6 Å². The Labute approximate surface area is 113 Å². The van der Waals surface area contributed by atoms with E-state index >= 15 is 0 Å². The van der Waals surface area contributed by atoms with Gasteiger partial charge in [-0.25, -0.2) is 4.98 Å². The van der Waals surface area contributed by atoms with Crippen molar-refractivity contribution in [3.63, 3.8) is 0 Å². The first-order valence-electron chi connectivity index (χ1n) is 6.09. The Morgan fingerprint density at radius 2 is 2.33 bits per heavy atom. The molecule has 1 atom stereocenters. The van der Waals surface area contributed by atoms with Crippen LogP contribution >= 0.6 is 11.6 Å². The van der Waals surface area contributed by atoms with E-state index in [0.29, 0.717) is 31.6 Å². The largest absolute Gasteiger partial charge is 0.478 e. The Morgan fingerprint density at radius 1 is 1.50 bits per heavy atom. The maximum absolute atomic E-state index is 6.02. The summed E-state index contributed by atoms with van der Waals surface area (Å²) < 4.78 is 10.4. The van der Waals surface area contributed by atoms with Crippen LogP contribution in [0.4, 0.5) is 5.95 Å². The zero-order valence-electron chi connectivity index (χ0n) is 10.9. The van der Waals surface area contributed by atoms with Crippen LogP contribution in [0.5, 0.6) is 5.88 Å². The van der Waals surface area contributed by atoms with Crippen LogP contribution in [-0.4, -0.2) is 42.2 Å². The van der Waals surface area contributed by atoms with Crippen molar-refractivity contribution in [3.05, 3.63) is 12.3 Å². The molecule has 18 heavy (non-hydrogen) atoms. The molecule has 1 rings (SSSR count). The number of alkyl halides is 1. The van der Waals surface area contributed by atoms with E-state index in [0.717, 1.165) is 12.8 Å². The fourth-order valence-electron chi connectivity index (χ4n) is 1.32. The molecule has 1 aromatic heterocycles. The monoisotopic (exact) mass is 273 g/mol. The summed E-state index contributed by atoms with van der Waals surface area (Å²) in [7, 11) is 1.64. The highest BCUT2D eigenvalue weighted by molar-refractivity contribution is 6.20. The number of halogens is 1. The second-order valence-corrected chi connectivity index (χ2v) is 4.45. The number of nitrogens with one attached hydrogen (secondary N) is 1. The lowest BCUT2D eigenvalue weighted by atomic mass is 10.3. The first-order chi connectivity index (χ1) is 8.76. The maximum Gasteiger partial charge on any atom is 0.225 e. The van der Waals surface area contributed by atoms with Gasteiger partial charge in [0, 0.05) is 25.9 Å². The van der Waals surface area contributed by atoms with Crippen molar-refractivity contribution in [2.75, 3.05) is 32.2 Å². The summed E-state index contributed by atoms with van der Waals surface area (Å²) in [6.07, 6.45) is 3.42. The van der Waals surface area contributed by atoms with E-state index in [-0.39, 0.29) is 5.38 Å². The normalized spacial score (nSPS) is 12.2. The average molecular weight is 274 g/mol. The molecule has 0 spiro atoms. The molecule has 0 aliphatic carbocycles. The van der Waals surface area contributed by atoms with Crippen LogP contribution in [0.25, 0.3) is 0 Å². The topological polar surface area (TPSA) is 56.3 Å². The van der Waals surface area contributed by atoms with Gasteiger partial charge in [-0.1, -0.05) is 6.92 Å². The highest BCUT2D eigenvalue weighted by Gasteiger charge is 2.04. The van der Waals surface area contributed by atoms with Gasteiger partial charge in [-0.3, -0.25) is 0 Å². The predicted octanol–water partition coefficient (Wildman–Crippen LogP) is 2.32. The van der Waals surface area contributed by atoms with Gasteiger partial charge in [0.25, 0.3) is 0 Å².